The number of allylic oxidation sites excluding steroid dienone is 1. The molecule has 2 rings (SSSR count). The molecule has 23 heavy (non-hydrogen) atoms. The predicted octanol–water partition coefficient (Wildman–Crippen LogP) is 0.630. The highest BCUT2D eigenvalue weighted by molar-refractivity contribution is 7.80. The van der Waals surface area contributed by atoms with Gasteiger partial charge in [-0.05, 0) is 36.0 Å². The molecule has 4 N–H and O–H groups in total. The number of aliphatic hydroxyl groups excluding tert-OH is 1. The molecule has 1 aliphatic carbocycles. The van der Waals surface area contributed by atoms with E-state index in [0.29, 0.717) is 0 Å². The third kappa shape index (κ3) is 5.31. The molecule has 0 aliphatic heterocycles. The second-order valence-electron chi connectivity index (χ2n) is 4.63. The first-order chi connectivity index (χ1) is 10.9. The molecule has 0 saturated carbocycles. The molecule has 0 amide bonds. The van der Waals surface area contributed by atoms with E-state index >= 15 is 0 Å². The van der Waals surface area contributed by atoms with Crippen LogP contribution in [0.25, 0.3) is 11.8 Å². The lowest BCUT2D eigenvalue weighted by Crippen LogP contribution is -2.56. The molecular weight excluding hydrogens is 379 g/mol. The first-order valence-corrected chi connectivity index (χ1v) is 8.26. The van der Waals surface area contributed by atoms with E-state index in [9.17, 15) is 0 Å². The minimum absolute atomic E-state index is 0.237. The van der Waals surface area contributed by atoms with Crippen molar-refractivity contribution >= 4 is 63.9 Å². The van der Waals surface area contributed by atoms with Gasteiger partial charge in [-0.25, -0.2) is 0 Å². The van der Waals surface area contributed by atoms with Gasteiger partial charge >= 0.3 is 0 Å². The zero-order valence-corrected chi connectivity index (χ0v) is 15.0. The van der Waals surface area contributed by atoms with Crippen LogP contribution in [0.15, 0.2) is 30.5 Å². The lowest BCUT2D eigenvalue weighted by molar-refractivity contribution is 0.236. The molecule has 1 unspecified atom stereocenters. The quantitative estimate of drug-likeness (QED) is 0.342. The molecule has 124 valence electrons. The minimum atomic E-state index is -1.69. The van der Waals surface area contributed by atoms with Crippen molar-refractivity contribution in [2.45, 2.75) is 16.4 Å². The first kappa shape index (κ1) is 18.4. The number of nitrogens with one attached hydrogen (secondary N) is 3. The Balaban J connectivity index is 2.21. The van der Waals surface area contributed by atoms with Gasteiger partial charge in [0.2, 0.25) is 3.79 Å². The van der Waals surface area contributed by atoms with Crippen LogP contribution >= 0.6 is 47.0 Å². The van der Waals surface area contributed by atoms with Gasteiger partial charge in [-0.15, -0.1) is 0 Å². The third-order valence-electron chi connectivity index (χ3n) is 3.00. The summed E-state index contributed by atoms with van der Waals surface area (Å²) < 4.78 is -1.69. The Morgan fingerprint density at radius 1 is 1.43 bits per heavy atom. The number of rotatable bonds is 4. The van der Waals surface area contributed by atoms with Gasteiger partial charge in [0.1, 0.15) is 6.17 Å². The molecule has 0 aromatic carbocycles. The van der Waals surface area contributed by atoms with Crippen LogP contribution in [-0.2, 0) is 0 Å². The van der Waals surface area contributed by atoms with Crippen molar-refractivity contribution in [3.63, 3.8) is 0 Å². The maximum Gasteiger partial charge on any atom is 0.223 e. The van der Waals surface area contributed by atoms with Crippen LogP contribution in [0.3, 0.4) is 0 Å². The van der Waals surface area contributed by atoms with Crippen molar-refractivity contribution in [3.05, 3.63) is 41.0 Å². The second-order valence-corrected chi connectivity index (χ2v) is 7.41. The summed E-state index contributed by atoms with van der Waals surface area (Å²) in [7, 11) is 0. The van der Waals surface area contributed by atoms with E-state index in [-0.39, 0.29) is 11.8 Å². The number of hydrogen-bond acceptors (Lipinski definition) is 4. The number of fused-ring (bicyclic) bond motifs is 1. The first-order valence-electron chi connectivity index (χ1n) is 6.72. The number of halogens is 3. The highest BCUT2D eigenvalue weighted by Crippen LogP contribution is 2.28. The monoisotopic (exact) mass is 392 g/mol. The Labute approximate surface area is 154 Å². The zero-order chi connectivity index (χ0) is 16.9. The highest BCUT2D eigenvalue weighted by atomic mass is 35.6. The van der Waals surface area contributed by atoms with Crippen molar-refractivity contribution < 1.29 is 5.11 Å². The second kappa shape index (κ2) is 8.28. The molecule has 1 atom stereocenters. The van der Waals surface area contributed by atoms with Crippen molar-refractivity contribution in [3.8, 4) is 0 Å². The molecule has 1 aromatic rings. The number of alkyl halides is 3. The number of aliphatic hydroxyl groups is 1. The van der Waals surface area contributed by atoms with Gasteiger partial charge < -0.3 is 15.7 Å². The fraction of sp³-hybridized carbons (Fsp3) is 0.286. The van der Waals surface area contributed by atoms with Crippen LogP contribution in [-0.4, -0.2) is 31.9 Å². The smallest absolute Gasteiger partial charge is 0.223 e. The van der Waals surface area contributed by atoms with Crippen LogP contribution in [0.1, 0.15) is 6.42 Å². The largest absolute Gasteiger partial charge is 0.381 e. The number of hydrogen-bond donors (Lipinski definition) is 4. The van der Waals surface area contributed by atoms with E-state index in [1.54, 1.807) is 6.20 Å². The fourth-order valence-electron chi connectivity index (χ4n) is 2.00. The minimum Gasteiger partial charge on any atom is -0.381 e. The SMILES string of the molecule is OCNC(NC(=S)NC1=c2ncccc2=CCC=C1)C(Cl)(Cl)Cl. The van der Waals surface area contributed by atoms with E-state index < -0.39 is 9.96 Å². The number of pyridine rings is 1. The van der Waals surface area contributed by atoms with E-state index in [0.717, 1.165) is 22.7 Å². The molecule has 0 radical (unpaired) electrons. The fourth-order valence-corrected chi connectivity index (χ4v) is 2.62. The Morgan fingerprint density at radius 2 is 2.22 bits per heavy atom. The van der Waals surface area contributed by atoms with E-state index in [1.165, 1.54) is 0 Å². The molecule has 0 saturated heterocycles. The van der Waals surface area contributed by atoms with Gasteiger partial charge in [0.05, 0.1) is 17.8 Å². The maximum atomic E-state index is 8.98. The van der Waals surface area contributed by atoms with Crippen LogP contribution in [0.4, 0.5) is 0 Å². The molecular formula is C14H15Cl3N4OS. The lowest BCUT2D eigenvalue weighted by atomic mass is 10.3. The summed E-state index contributed by atoms with van der Waals surface area (Å²) in [5.74, 6) is 0. The Kier molecular flexibility index (Phi) is 6.64. The molecule has 1 heterocycles. The number of aromatic nitrogens is 1. The van der Waals surface area contributed by atoms with Crippen LogP contribution in [0, 0.1) is 0 Å². The van der Waals surface area contributed by atoms with Crippen molar-refractivity contribution in [2.75, 3.05) is 6.73 Å². The van der Waals surface area contributed by atoms with Crippen LogP contribution in [0.5, 0.6) is 0 Å². The summed E-state index contributed by atoms with van der Waals surface area (Å²) in [6, 6.07) is 3.85. The van der Waals surface area contributed by atoms with Crippen molar-refractivity contribution in [1.29, 1.82) is 0 Å². The molecule has 0 fully saturated rings. The third-order valence-corrected chi connectivity index (χ3v) is 3.87. The summed E-state index contributed by atoms with van der Waals surface area (Å²) in [5.41, 5.74) is 0.735. The van der Waals surface area contributed by atoms with Crippen LogP contribution < -0.4 is 26.5 Å². The molecule has 5 nitrogen and oxygen atoms in total. The highest BCUT2D eigenvalue weighted by Gasteiger charge is 2.32. The maximum absolute atomic E-state index is 8.98. The van der Waals surface area contributed by atoms with E-state index in [1.807, 2.05) is 24.3 Å². The summed E-state index contributed by atoms with van der Waals surface area (Å²) in [4.78, 5) is 4.37. The molecule has 9 heteroatoms. The lowest BCUT2D eigenvalue weighted by Gasteiger charge is -2.27. The Bertz CT molecular complexity index is 717. The van der Waals surface area contributed by atoms with Gasteiger partial charge in [0, 0.05) is 6.20 Å². The summed E-state index contributed by atoms with van der Waals surface area (Å²) in [5, 5.41) is 19.5. The van der Waals surface area contributed by atoms with Gasteiger partial charge in [-0.3, -0.25) is 10.3 Å². The van der Waals surface area contributed by atoms with Crippen molar-refractivity contribution in [1.82, 2.24) is 20.9 Å². The number of nitrogens with zero attached hydrogens (tertiary/aromatic N) is 1. The summed E-state index contributed by atoms with van der Waals surface area (Å²) in [6.07, 6.45) is 7.61. The average Bonchev–Trinajstić information content (AvgIpc) is 2.69. The molecule has 1 aliphatic rings. The van der Waals surface area contributed by atoms with Crippen molar-refractivity contribution in [2.24, 2.45) is 0 Å². The summed E-state index contributed by atoms with van der Waals surface area (Å²) >= 11 is 22.8. The van der Waals surface area contributed by atoms with Gasteiger partial charge in [-0.1, -0.05) is 53.0 Å². The normalized spacial score (nSPS) is 15.2. The Morgan fingerprint density at radius 3 is 2.91 bits per heavy atom. The van der Waals surface area contributed by atoms with Gasteiger partial charge in [0.25, 0.3) is 0 Å². The van der Waals surface area contributed by atoms with E-state index in [4.69, 9.17) is 52.1 Å². The van der Waals surface area contributed by atoms with Gasteiger partial charge in [0.15, 0.2) is 5.11 Å². The predicted molar refractivity (Wildman–Crippen MR) is 98.3 cm³/mol. The molecule has 0 bridgehead atoms. The molecule has 1 aromatic heterocycles. The van der Waals surface area contributed by atoms with E-state index in [2.05, 4.69) is 27.0 Å². The molecule has 0 spiro atoms. The summed E-state index contributed by atoms with van der Waals surface area (Å²) in [6.45, 7) is -0.371. The standard InChI is InChI=1S/C14H15Cl3N4OS/c15-14(16,17)12(19-8-22)21-13(23)20-10-6-2-1-4-9-5-3-7-18-11(9)10/h2-7,12,19,22H,1,8H2,(H2,20,21,23). The average molecular weight is 394 g/mol. The Hall–Kier alpha value is -0.890. The number of thiocarbonyl (C=S) groups is 1. The topological polar surface area (TPSA) is 69.2 Å². The zero-order valence-electron chi connectivity index (χ0n) is 11.9. The van der Waals surface area contributed by atoms with Crippen LogP contribution in [0.2, 0.25) is 0 Å². The van der Waals surface area contributed by atoms with Gasteiger partial charge in [-0.2, -0.15) is 0 Å².